The lowest BCUT2D eigenvalue weighted by atomic mass is 10.3. The number of anilines is 1. The first kappa shape index (κ1) is 18.3. The second kappa shape index (κ2) is 8.70. The van der Waals surface area contributed by atoms with Crippen LogP contribution in [0.5, 0.6) is 11.5 Å². The van der Waals surface area contributed by atoms with E-state index in [-0.39, 0.29) is 20.0 Å². The van der Waals surface area contributed by atoms with Crippen LogP contribution in [0.4, 0.5) is 10.5 Å². The maximum Gasteiger partial charge on any atom is 0.319 e. The van der Waals surface area contributed by atoms with Crippen molar-refractivity contribution in [3.05, 3.63) is 48.5 Å². The van der Waals surface area contributed by atoms with Crippen molar-refractivity contribution >= 4 is 24.9 Å². The van der Waals surface area contributed by atoms with Crippen LogP contribution in [0, 0.1) is 0 Å². The largest absolute Gasteiger partial charge is 0.457 e. The van der Waals surface area contributed by atoms with Crippen LogP contribution in [0.1, 0.15) is 20.8 Å². The highest BCUT2D eigenvalue weighted by Gasteiger charge is 2.13. The Hall–Kier alpha value is -2.06. The third-order valence-corrected chi connectivity index (χ3v) is 5.64. The van der Waals surface area contributed by atoms with Gasteiger partial charge in [-0.3, -0.25) is 0 Å². The molecule has 2 aromatic rings. The van der Waals surface area contributed by atoms with Crippen LogP contribution in [0.3, 0.4) is 0 Å². The van der Waals surface area contributed by atoms with Crippen molar-refractivity contribution in [3.63, 3.8) is 0 Å². The number of carbonyl (C=O) groups excluding carboxylic acids is 1. The van der Waals surface area contributed by atoms with E-state index in [0.717, 1.165) is 28.7 Å². The Kier molecular flexibility index (Phi) is 6.62. The van der Waals surface area contributed by atoms with E-state index in [0.29, 0.717) is 0 Å². The number of benzene rings is 2. The fourth-order valence-corrected chi connectivity index (χ4v) is 3.44. The summed E-state index contributed by atoms with van der Waals surface area (Å²) < 4.78 is 5.92. The molecule has 0 radical (unpaired) electrons. The van der Waals surface area contributed by atoms with Gasteiger partial charge in [0.25, 0.3) is 0 Å². The third-order valence-electron chi connectivity index (χ3n) is 3.50. The minimum absolute atomic E-state index is 0.100. The number of carbonyl (C=O) groups is 1. The lowest BCUT2D eigenvalue weighted by Gasteiger charge is -2.19. The summed E-state index contributed by atoms with van der Waals surface area (Å²) in [6.07, 6.45) is 1.05. The van der Waals surface area contributed by atoms with Crippen molar-refractivity contribution in [2.24, 2.45) is 0 Å². The van der Waals surface area contributed by atoms with Gasteiger partial charge in [0, 0.05) is 11.3 Å². The first-order valence-electron chi connectivity index (χ1n) is 8.15. The van der Waals surface area contributed by atoms with Crippen LogP contribution < -0.4 is 20.7 Å². The molecular formula is C19H25N2O2P. The molecule has 2 rings (SSSR count). The summed E-state index contributed by atoms with van der Waals surface area (Å²) in [5.41, 5.74) is 0.851. The van der Waals surface area contributed by atoms with Gasteiger partial charge in [-0.1, -0.05) is 33.0 Å². The van der Waals surface area contributed by atoms with Crippen LogP contribution >= 0.6 is 7.92 Å². The highest BCUT2D eigenvalue weighted by Crippen LogP contribution is 2.35. The van der Waals surface area contributed by atoms with Crippen LogP contribution in [0.15, 0.2) is 48.5 Å². The van der Waals surface area contributed by atoms with Gasteiger partial charge >= 0.3 is 6.03 Å². The quantitative estimate of drug-likeness (QED) is 0.742. The monoisotopic (exact) mass is 344 g/mol. The Bertz CT molecular complexity index is 674. The molecule has 0 bridgehead atoms. The average Bonchev–Trinajstić information content (AvgIpc) is 2.55. The maximum absolute atomic E-state index is 12.0. The number of hydrogen-bond acceptors (Lipinski definition) is 2. The van der Waals surface area contributed by atoms with Gasteiger partial charge in [-0.25, -0.2) is 4.79 Å². The van der Waals surface area contributed by atoms with Crippen molar-refractivity contribution in [2.45, 2.75) is 26.8 Å². The van der Waals surface area contributed by atoms with Crippen molar-refractivity contribution < 1.29 is 9.53 Å². The molecule has 128 valence electrons. The molecule has 24 heavy (non-hydrogen) atoms. The van der Waals surface area contributed by atoms with Gasteiger partial charge in [-0.15, -0.1) is 0 Å². The van der Waals surface area contributed by atoms with Gasteiger partial charge in [0.05, 0.1) is 5.69 Å². The minimum Gasteiger partial charge on any atom is -0.457 e. The number of hydrogen-bond donors (Lipinski definition) is 2. The second-order valence-corrected chi connectivity index (χ2v) is 8.37. The molecule has 0 aromatic heterocycles. The Morgan fingerprint density at radius 1 is 1.12 bits per heavy atom. The molecule has 0 aliphatic carbocycles. The second-order valence-electron chi connectivity index (χ2n) is 5.86. The molecule has 0 heterocycles. The predicted molar refractivity (Wildman–Crippen MR) is 103 cm³/mol. The van der Waals surface area contributed by atoms with Crippen molar-refractivity contribution in [1.82, 2.24) is 5.32 Å². The van der Waals surface area contributed by atoms with E-state index >= 15 is 0 Å². The zero-order valence-corrected chi connectivity index (χ0v) is 15.6. The normalized spacial score (nSPS) is 11.9. The maximum atomic E-state index is 12.0. The topological polar surface area (TPSA) is 50.4 Å². The summed E-state index contributed by atoms with van der Waals surface area (Å²) in [7, 11) is -0.359. The van der Waals surface area contributed by atoms with E-state index in [2.05, 4.69) is 24.2 Å². The summed E-state index contributed by atoms with van der Waals surface area (Å²) in [4.78, 5) is 12.0. The van der Waals surface area contributed by atoms with Crippen LogP contribution in [0.2, 0.25) is 0 Å². The number of ether oxygens (including phenoxy) is 1. The van der Waals surface area contributed by atoms with Crippen molar-refractivity contribution in [1.29, 1.82) is 0 Å². The molecule has 1 unspecified atom stereocenters. The van der Waals surface area contributed by atoms with Crippen LogP contribution in [-0.4, -0.2) is 24.9 Å². The Morgan fingerprint density at radius 2 is 1.83 bits per heavy atom. The van der Waals surface area contributed by atoms with E-state index in [9.17, 15) is 4.79 Å². The molecule has 0 saturated carbocycles. The first-order valence-corrected chi connectivity index (χ1v) is 10.1. The molecule has 2 amide bonds. The highest BCUT2D eigenvalue weighted by atomic mass is 31.1. The molecule has 0 spiro atoms. The van der Waals surface area contributed by atoms with Gasteiger partial charge in [0.2, 0.25) is 0 Å². The van der Waals surface area contributed by atoms with Crippen molar-refractivity contribution in [3.8, 4) is 11.5 Å². The van der Waals surface area contributed by atoms with Gasteiger partial charge in [0.15, 0.2) is 0 Å². The van der Waals surface area contributed by atoms with Gasteiger partial charge in [-0.05, 0) is 57.0 Å². The summed E-state index contributed by atoms with van der Waals surface area (Å²) in [6.45, 7) is 8.25. The fraction of sp³-hybridized carbons (Fsp3) is 0.316. The van der Waals surface area contributed by atoms with Crippen LogP contribution in [0.25, 0.3) is 0 Å². The highest BCUT2D eigenvalue weighted by molar-refractivity contribution is 7.65. The van der Waals surface area contributed by atoms with Gasteiger partial charge in [-0.2, -0.15) is 0 Å². The lowest BCUT2D eigenvalue weighted by Crippen LogP contribution is -2.35. The van der Waals surface area contributed by atoms with E-state index in [1.807, 2.05) is 62.4 Å². The number of urea groups is 1. The molecule has 0 aliphatic heterocycles. The van der Waals surface area contributed by atoms with E-state index in [1.165, 1.54) is 0 Å². The van der Waals surface area contributed by atoms with E-state index < -0.39 is 0 Å². The van der Waals surface area contributed by atoms with Crippen molar-refractivity contribution in [2.75, 3.05) is 18.1 Å². The molecule has 2 aromatic carbocycles. The molecule has 2 N–H and O–H groups in total. The Labute approximate surface area is 145 Å². The summed E-state index contributed by atoms with van der Waals surface area (Å²) in [5, 5.41) is 6.95. The molecule has 5 heteroatoms. The summed E-state index contributed by atoms with van der Waals surface area (Å²) >= 11 is 0. The smallest absolute Gasteiger partial charge is 0.319 e. The third kappa shape index (κ3) is 5.24. The molecule has 1 atom stereocenters. The summed E-state index contributed by atoms with van der Waals surface area (Å²) in [6, 6.07) is 15.5. The minimum atomic E-state index is -0.359. The van der Waals surface area contributed by atoms with Gasteiger partial charge in [0.1, 0.15) is 11.5 Å². The standard InChI is InChI=1S/C19H25N2O2P/c1-5-24(4)18-13-16(23-15-9-7-6-8-10-15)11-12-17(18)21-19(22)20-14(2)3/h6-14H,5H2,1-4H3,(H2,20,21,22). The zero-order valence-electron chi connectivity index (χ0n) is 14.7. The predicted octanol–water partition coefficient (Wildman–Crippen LogP) is 4.77. The molecular weight excluding hydrogens is 319 g/mol. The molecule has 0 fully saturated rings. The van der Waals surface area contributed by atoms with Gasteiger partial charge < -0.3 is 15.4 Å². The molecule has 0 saturated heterocycles. The molecule has 0 aliphatic rings. The summed E-state index contributed by atoms with van der Waals surface area (Å²) in [5.74, 6) is 1.59. The molecule has 4 nitrogen and oxygen atoms in total. The van der Waals surface area contributed by atoms with E-state index in [4.69, 9.17) is 4.74 Å². The number of amides is 2. The number of nitrogens with one attached hydrogen (secondary N) is 2. The fourth-order valence-electron chi connectivity index (χ4n) is 2.21. The lowest BCUT2D eigenvalue weighted by molar-refractivity contribution is 0.250. The average molecular weight is 344 g/mol. The van der Waals surface area contributed by atoms with Crippen LogP contribution in [-0.2, 0) is 0 Å². The van der Waals surface area contributed by atoms with E-state index in [1.54, 1.807) is 0 Å². The Balaban J connectivity index is 2.23. The zero-order chi connectivity index (χ0) is 17.5. The SMILES string of the molecule is CCP(C)c1cc(Oc2ccccc2)ccc1NC(=O)NC(C)C. The number of rotatable bonds is 6. The first-order chi connectivity index (χ1) is 11.5. The Morgan fingerprint density at radius 3 is 2.46 bits per heavy atom. The number of para-hydroxylation sites is 1.